The van der Waals surface area contributed by atoms with Gasteiger partial charge in [-0.3, -0.25) is 0 Å². The van der Waals surface area contributed by atoms with Crippen molar-refractivity contribution in [3.8, 4) is 0 Å². The molecule has 0 spiro atoms. The summed E-state index contributed by atoms with van der Waals surface area (Å²) in [4.78, 5) is 0. The Morgan fingerprint density at radius 1 is 1.33 bits per heavy atom. The molecular formula is C7H10W2. The number of rotatable bonds is 3. The maximum absolute atomic E-state index is 2.25. The second kappa shape index (κ2) is 5.63. The Kier molecular flexibility index (Phi) is 6.16. The molecule has 0 amide bonds. The first-order valence-electron chi connectivity index (χ1n) is 2.83. The zero-order chi connectivity index (χ0) is 7.28. The Bertz CT molecular complexity index is 134. The van der Waals surface area contributed by atoms with E-state index < -0.39 is 0 Å². The van der Waals surface area contributed by atoms with Crippen LogP contribution in [-0.2, 0) is 38.7 Å². The van der Waals surface area contributed by atoms with Gasteiger partial charge in [0, 0.05) is 0 Å². The van der Waals surface area contributed by atoms with Gasteiger partial charge >= 0.3 is 78.9 Å². The molecule has 50 valence electrons. The Morgan fingerprint density at radius 3 is 2.00 bits per heavy atom. The van der Waals surface area contributed by atoms with Crippen molar-refractivity contribution in [1.82, 2.24) is 0 Å². The van der Waals surface area contributed by atoms with Gasteiger partial charge in [0.15, 0.2) is 0 Å². The molecule has 9 heavy (non-hydrogen) atoms. The van der Waals surface area contributed by atoms with Gasteiger partial charge in [0.1, 0.15) is 0 Å². The average molecular weight is 462 g/mol. The molecule has 0 aliphatic carbocycles. The van der Waals surface area contributed by atoms with E-state index in [4.69, 9.17) is 0 Å². The van der Waals surface area contributed by atoms with Crippen LogP contribution >= 0.6 is 0 Å². The fourth-order valence-corrected chi connectivity index (χ4v) is 2.27. The van der Waals surface area contributed by atoms with Crippen LogP contribution < -0.4 is 0 Å². The summed E-state index contributed by atoms with van der Waals surface area (Å²) in [5, 5.41) is 0. The van der Waals surface area contributed by atoms with E-state index in [0.29, 0.717) is 5.92 Å². The van der Waals surface area contributed by atoms with Gasteiger partial charge in [0.05, 0.1) is 0 Å². The molecule has 0 aromatic rings. The molecule has 0 unspecified atom stereocenters. The van der Waals surface area contributed by atoms with Gasteiger partial charge in [-0.1, -0.05) is 0 Å². The van der Waals surface area contributed by atoms with Crippen molar-refractivity contribution in [2.75, 3.05) is 0 Å². The molecule has 2 heteroatoms. The molecule has 0 fully saturated rings. The third-order valence-electron chi connectivity index (χ3n) is 1.06. The second-order valence-corrected chi connectivity index (χ2v) is 3.90. The summed E-state index contributed by atoms with van der Waals surface area (Å²) in [7, 11) is 0. The van der Waals surface area contributed by atoms with E-state index in [9.17, 15) is 0 Å². The number of allylic oxidation sites excluding steroid dienone is 2. The fraction of sp³-hybridized carbons (Fsp3) is 0.429. The van der Waals surface area contributed by atoms with Gasteiger partial charge in [-0.05, 0) is 0 Å². The summed E-state index contributed by atoms with van der Waals surface area (Å²) in [5.74, 6) is 0.693. The van der Waals surface area contributed by atoms with E-state index in [2.05, 4.69) is 28.7 Å². The molecule has 0 nitrogen and oxygen atoms in total. The van der Waals surface area contributed by atoms with E-state index in [1.54, 1.807) is 19.4 Å². The van der Waals surface area contributed by atoms with Crippen molar-refractivity contribution in [3.05, 3.63) is 11.6 Å². The summed E-state index contributed by atoms with van der Waals surface area (Å²) in [5.41, 5.74) is 1.47. The molecule has 0 saturated carbocycles. The van der Waals surface area contributed by atoms with Crippen LogP contribution in [0.2, 0.25) is 0 Å². The summed E-state index contributed by atoms with van der Waals surface area (Å²) in [6, 6.07) is 0. The van der Waals surface area contributed by atoms with Crippen molar-refractivity contribution in [3.63, 3.8) is 0 Å². The molecular weight excluding hydrogens is 452 g/mol. The van der Waals surface area contributed by atoms with Crippen LogP contribution in [-0.4, -0.2) is 8.80 Å². The fourth-order valence-electron chi connectivity index (χ4n) is 0.446. The predicted molar refractivity (Wildman–Crippen MR) is 35.0 cm³/mol. The minimum atomic E-state index is 0.693. The normalized spacial score (nSPS) is 11.7. The molecule has 0 aromatic carbocycles. The summed E-state index contributed by atoms with van der Waals surface area (Å²) >= 11 is 3.07. The van der Waals surface area contributed by atoms with Crippen LogP contribution in [0.15, 0.2) is 11.6 Å². The Labute approximate surface area is 78.5 Å². The summed E-state index contributed by atoms with van der Waals surface area (Å²) < 4.78 is 4.43. The maximum atomic E-state index is 2.25. The molecule has 0 aliphatic rings. The van der Waals surface area contributed by atoms with Crippen LogP contribution in [0.1, 0.15) is 13.8 Å². The first kappa shape index (κ1) is 9.86. The first-order chi connectivity index (χ1) is 4.22. The van der Waals surface area contributed by atoms with Crippen molar-refractivity contribution in [2.45, 2.75) is 13.8 Å². The van der Waals surface area contributed by atoms with Gasteiger partial charge in [-0.15, -0.1) is 0 Å². The monoisotopic (exact) mass is 462 g/mol. The van der Waals surface area contributed by atoms with Crippen molar-refractivity contribution in [2.24, 2.45) is 5.92 Å². The van der Waals surface area contributed by atoms with Gasteiger partial charge in [0.2, 0.25) is 0 Å². The number of hydrogen-bond donors (Lipinski definition) is 0. The number of hydrogen-bond acceptors (Lipinski definition) is 0. The van der Waals surface area contributed by atoms with Gasteiger partial charge < -0.3 is 0 Å². The standard InChI is InChI=1S/C7H10.2W/c1-5-7(4)6(2)3;;/h1,4-6H,2-3H3;;. The predicted octanol–water partition coefficient (Wildman–Crippen LogP) is 1.27. The third kappa shape index (κ3) is 4.29. The van der Waals surface area contributed by atoms with Crippen molar-refractivity contribution < 1.29 is 38.7 Å². The topological polar surface area (TPSA) is 0 Å². The zero-order valence-corrected chi connectivity index (χ0v) is 11.5. The van der Waals surface area contributed by atoms with Crippen LogP contribution in [0.5, 0.6) is 0 Å². The molecule has 0 rings (SSSR count). The minimum absolute atomic E-state index is 0.693. The van der Waals surface area contributed by atoms with Gasteiger partial charge in [-0.25, -0.2) is 0 Å². The Balaban J connectivity index is 4.13. The quantitative estimate of drug-likeness (QED) is 0.594. The van der Waals surface area contributed by atoms with Crippen LogP contribution in [0.3, 0.4) is 0 Å². The molecule has 0 atom stereocenters. The SMILES string of the molecule is CC(C)C([CH]=[W])=C[CH]=[W]. The van der Waals surface area contributed by atoms with E-state index in [1.807, 2.05) is 0 Å². The molecule has 0 aromatic heterocycles. The van der Waals surface area contributed by atoms with Crippen molar-refractivity contribution in [1.29, 1.82) is 0 Å². The second-order valence-electron chi connectivity index (χ2n) is 2.08. The van der Waals surface area contributed by atoms with Crippen molar-refractivity contribution >= 4 is 8.80 Å². The van der Waals surface area contributed by atoms with E-state index in [0.717, 1.165) is 0 Å². The van der Waals surface area contributed by atoms with E-state index in [-0.39, 0.29) is 0 Å². The van der Waals surface area contributed by atoms with Crippen LogP contribution in [0, 0.1) is 5.92 Å². The summed E-state index contributed by atoms with van der Waals surface area (Å²) in [6.07, 6.45) is 2.22. The van der Waals surface area contributed by atoms with Crippen LogP contribution in [0.4, 0.5) is 0 Å². The Hall–Kier alpha value is 0.857. The van der Waals surface area contributed by atoms with Crippen LogP contribution in [0.25, 0.3) is 0 Å². The molecule has 0 aliphatic heterocycles. The molecule has 0 bridgehead atoms. The van der Waals surface area contributed by atoms with E-state index in [1.165, 1.54) is 24.9 Å². The Morgan fingerprint density at radius 2 is 1.89 bits per heavy atom. The van der Waals surface area contributed by atoms with Gasteiger partial charge in [0.25, 0.3) is 0 Å². The third-order valence-corrected chi connectivity index (χ3v) is 2.53. The zero-order valence-electron chi connectivity index (χ0n) is 5.63. The molecule has 0 N–H and O–H groups in total. The molecule has 0 radical (unpaired) electrons. The first-order valence-corrected chi connectivity index (χ1v) is 6.21. The summed E-state index contributed by atoms with van der Waals surface area (Å²) in [6.45, 7) is 4.45. The molecule has 0 heterocycles. The average Bonchev–Trinajstić information content (AvgIpc) is 1.82. The van der Waals surface area contributed by atoms with E-state index >= 15 is 0 Å². The van der Waals surface area contributed by atoms with Gasteiger partial charge in [-0.2, -0.15) is 0 Å². The molecule has 0 saturated heterocycles.